The predicted molar refractivity (Wildman–Crippen MR) is 86.5 cm³/mol. The first-order valence-corrected chi connectivity index (χ1v) is 7.07. The van der Waals surface area contributed by atoms with Crippen molar-refractivity contribution in [2.24, 2.45) is 0 Å². The van der Waals surface area contributed by atoms with E-state index in [1.54, 1.807) is 51.0 Å². The highest BCUT2D eigenvalue weighted by Crippen LogP contribution is 2.25. The largest absolute Gasteiger partial charge is 0.497 e. The van der Waals surface area contributed by atoms with Crippen LogP contribution in [0.15, 0.2) is 36.8 Å². The lowest BCUT2D eigenvalue weighted by Gasteiger charge is -2.16. The molecule has 0 saturated carbocycles. The van der Waals surface area contributed by atoms with Crippen LogP contribution < -0.4 is 14.8 Å². The van der Waals surface area contributed by atoms with Gasteiger partial charge in [-0.2, -0.15) is 0 Å². The quantitative estimate of drug-likeness (QED) is 0.835. The van der Waals surface area contributed by atoms with E-state index in [0.29, 0.717) is 23.7 Å². The summed E-state index contributed by atoms with van der Waals surface area (Å²) in [6.45, 7) is 0.777. The van der Waals surface area contributed by atoms with Gasteiger partial charge in [-0.05, 0) is 7.05 Å². The number of hydrogen-bond donors (Lipinski definition) is 1. The summed E-state index contributed by atoms with van der Waals surface area (Å²) < 4.78 is 10.4. The van der Waals surface area contributed by atoms with Gasteiger partial charge in [0, 0.05) is 49.0 Å². The highest BCUT2D eigenvalue weighted by molar-refractivity contribution is 5.92. The summed E-state index contributed by atoms with van der Waals surface area (Å²) in [5.74, 6) is 1.10. The maximum absolute atomic E-state index is 12.1. The average molecular weight is 316 g/mol. The lowest BCUT2D eigenvalue weighted by atomic mass is 10.2. The van der Waals surface area contributed by atoms with Gasteiger partial charge in [0.2, 0.25) is 5.91 Å². The van der Waals surface area contributed by atoms with Crippen LogP contribution in [0.2, 0.25) is 0 Å². The Morgan fingerprint density at radius 2 is 1.87 bits per heavy atom. The molecule has 0 fully saturated rings. The number of nitrogens with one attached hydrogen (secondary N) is 1. The van der Waals surface area contributed by atoms with E-state index in [4.69, 9.17) is 9.47 Å². The third kappa shape index (κ3) is 5.23. The van der Waals surface area contributed by atoms with Crippen molar-refractivity contribution in [1.29, 1.82) is 0 Å². The number of aromatic nitrogens is 2. The standard InChI is InChI=1S/C16H20N4O3/c1-20(10-13-9-17-4-5-18-13)11-16(21)19-12-6-14(22-2)8-15(7-12)23-3/h4-9H,10-11H2,1-3H3,(H,19,21). The van der Waals surface area contributed by atoms with E-state index in [1.807, 2.05) is 11.9 Å². The molecule has 2 aromatic rings. The van der Waals surface area contributed by atoms with E-state index in [-0.39, 0.29) is 12.5 Å². The van der Waals surface area contributed by atoms with Crippen LogP contribution >= 0.6 is 0 Å². The second-order valence-electron chi connectivity index (χ2n) is 5.02. The SMILES string of the molecule is COc1cc(NC(=O)CN(C)Cc2cnccn2)cc(OC)c1. The first kappa shape index (κ1) is 16.7. The van der Waals surface area contributed by atoms with Gasteiger partial charge in [-0.25, -0.2) is 0 Å². The van der Waals surface area contributed by atoms with Crippen LogP contribution in [0.1, 0.15) is 5.69 Å². The van der Waals surface area contributed by atoms with Gasteiger partial charge in [-0.1, -0.05) is 0 Å². The van der Waals surface area contributed by atoms with Crippen LogP contribution in [-0.4, -0.2) is 48.6 Å². The highest BCUT2D eigenvalue weighted by atomic mass is 16.5. The number of carbonyl (C=O) groups is 1. The molecule has 0 radical (unpaired) electrons. The number of benzene rings is 1. The molecule has 122 valence electrons. The Kier molecular flexibility index (Phi) is 5.87. The number of nitrogens with zero attached hydrogens (tertiary/aromatic N) is 3. The number of methoxy groups -OCH3 is 2. The third-order valence-electron chi connectivity index (χ3n) is 3.10. The summed E-state index contributed by atoms with van der Waals surface area (Å²) in [6, 6.07) is 5.22. The Morgan fingerprint density at radius 1 is 1.17 bits per heavy atom. The summed E-state index contributed by atoms with van der Waals surface area (Å²) in [7, 11) is 4.98. The summed E-state index contributed by atoms with van der Waals surface area (Å²) in [5.41, 5.74) is 1.44. The average Bonchev–Trinajstić information content (AvgIpc) is 2.54. The second kappa shape index (κ2) is 8.09. The Bertz CT molecular complexity index is 627. The number of hydrogen-bond acceptors (Lipinski definition) is 6. The van der Waals surface area contributed by atoms with Gasteiger partial charge in [0.15, 0.2) is 0 Å². The molecule has 1 aromatic heterocycles. The van der Waals surface area contributed by atoms with E-state index in [1.165, 1.54) is 0 Å². The lowest BCUT2D eigenvalue weighted by Crippen LogP contribution is -2.30. The molecule has 1 aromatic carbocycles. The molecule has 0 aliphatic rings. The fourth-order valence-corrected chi connectivity index (χ4v) is 2.07. The monoisotopic (exact) mass is 316 g/mol. The molecule has 1 N–H and O–H groups in total. The third-order valence-corrected chi connectivity index (χ3v) is 3.10. The summed E-state index contributed by atoms with van der Waals surface area (Å²) in [5, 5.41) is 2.83. The zero-order valence-corrected chi connectivity index (χ0v) is 13.4. The Labute approximate surface area is 135 Å². The minimum Gasteiger partial charge on any atom is -0.497 e. The first-order chi connectivity index (χ1) is 11.1. The Balaban J connectivity index is 1.94. The van der Waals surface area contributed by atoms with E-state index in [2.05, 4.69) is 15.3 Å². The molecule has 23 heavy (non-hydrogen) atoms. The summed E-state index contributed by atoms with van der Waals surface area (Å²) in [6.07, 6.45) is 4.93. The van der Waals surface area contributed by atoms with Crippen LogP contribution in [0.25, 0.3) is 0 Å². The Hall–Kier alpha value is -2.67. The smallest absolute Gasteiger partial charge is 0.238 e. The van der Waals surface area contributed by atoms with E-state index in [0.717, 1.165) is 5.69 Å². The minimum absolute atomic E-state index is 0.133. The Morgan fingerprint density at radius 3 is 2.43 bits per heavy atom. The molecule has 7 nitrogen and oxygen atoms in total. The van der Waals surface area contributed by atoms with Gasteiger partial charge in [-0.3, -0.25) is 19.7 Å². The van der Waals surface area contributed by atoms with Gasteiger partial charge in [0.05, 0.1) is 26.5 Å². The van der Waals surface area contributed by atoms with Crippen LogP contribution in [0.5, 0.6) is 11.5 Å². The molecule has 0 spiro atoms. The molecule has 2 rings (SSSR count). The first-order valence-electron chi connectivity index (χ1n) is 7.07. The summed E-state index contributed by atoms with van der Waals surface area (Å²) in [4.78, 5) is 22.2. The normalized spacial score (nSPS) is 10.4. The minimum atomic E-state index is -0.133. The fraction of sp³-hybridized carbons (Fsp3) is 0.312. The van der Waals surface area contributed by atoms with Gasteiger partial charge >= 0.3 is 0 Å². The molecule has 7 heteroatoms. The highest BCUT2D eigenvalue weighted by Gasteiger charge is 2.10. The van der Waals surface area contributed by atoms with Crippen LogP contribution in [-0.2, 0) is 11.3 Å². The molecular weight excluding hydrogens is 296 g/mol. The van der Waals surface area contributed by atoms with Crippen molar-refractivity contribution in [2.45, 2.75) is 6.54 Å². The van der Waals surface area contributed by atoms with Crippen molar-refractivity contribution in [2.75, 3.05) is 33.1 Å². The number of anilines is 1. The van der Waals surface area contributed by atoms with E-state index < -0.39 is 0 Å². The molecular formula is C16H20N4O3. The lowest BCUT2D eigenvalue weighted by molar-refractivity contribution is -0.117. The van der Waals surface area contributed by atoms with Gasteiger partial charge in [-0.15, -0.1) is 0 Å². The number of rotatable bonds is 7. The molecule has 0 aliphatic heterocycles. The van der Waals surface area contributed by atoms with E-state index >= 15 is 0 Å². The molecule has 0 aliphatic carbocycles. The number of carbonyl (C=O) groups excluding carboxylic acids is 1. The van der Waals surface area contributed by atoms with Crippen molar-refractivity contribution in [3.8, 4) is 11.5 Å². The van der Waals surface area contributed by atoms with Crippen LogP contribution in [0.4, 0.5) is 5.69 Å². The summed E-state index contributed by atoms with van der Waals surface area (Å²) >= 11 is 0. The van der Waals surface area contributed by atoms with Crippen molar-refractivity contribution < 1.29 is 14.3 Å². The zero-order chi connectivity index (χ0) is 16.7. The van der Waals surface area contributed by atoms with Crippen molar-refractivity contribution in [1.82, 2.24) is 14.9 Å². The van der Waals surface area contributed by atoms with Crippen molar-refractivity contribution in [3.05, 3.63) is 42.5 Å². The molecule has 0 saturated heterocycles. The topological polar surface area (TPSA) is 76.6 Å². The van der Waals surface area contributed by atoms with Crippen LogP contribution in [0, 0.1) is 0 Å². The second-order valence-corrected chi connectivity index (χ2v) is 5.02. The van der Waals surface area contributed by atoms with Gasteiger partial charge < -0.3 is 14.8 Å². The molecule has 0 bridgehead atoms. The van der Waals surface area contributed by atoms with E-state index in [9.17, 15) is 4.79 Å². The van der Waals surface area contributed by atoms with Gasteiger partial charge in [0.1, 0.15) is 11.5 Å². The maximum Gasteiger partial charge on any atom is 0.238 e. The van der Waals surface area contributed by atoms with Crippen molar-refractivity contribution in [3.63, 3.8) is 0 Å². The van der Waals surface area contributed by atoms with Gasteiger partial charge in [0.25, 0.3) is 0 Å². The number of ether oxygens (including phenoxy) is 2. The molecule has 1 amide bonds. The fourth-order valence-electron chi connectivity index (χ4n) is 2.07. The number of likely N-dealkylation sites (N-methyl/N-ethyl adjacent to an activating group) is 1. The molecule has 1 heterocycles. The molecule has 0 atom stereocenters. The maximum atomic E-state index is 12.1. The number of amides is 1. The zero-order valence-electron chi connectivity index (χ0n) is 13.4. The molecule has 0 unspecified atom stereocenters. The van der Waals surface area contributed by atoms with Crippen molar-refractivity contribution >= 4 is 11.6 Å². The predicted octanol–water partition coefficient (Wildman–Crippen LogP) is 1.56. The van der Waals surface area contributed by atoms with Crippen LogP contribution in [0.3, 0.4) is 0 Å².